The third-order valence-electron chi connectivity index (χ3n) is 2.73. The summed E-state index contributed by atoms with van der Waals surface area (Å²) in [6.07, 6.45) is 3.45. The maximum Gasteiger partial charge on any atom is 0.221 e. The van der Waals surface area contributed by atoms with Crippen molar-refractivity contribution in [1.29, 1.82) is 0 Å². The van der Waals surface area contributed by atoms with Crippen molar-refractivity contribution in [2.24, 2.45) is 5.92 Å². The molecule has 1 unspecified atom stereocenters. The van der Waals surface area contributed by atoms with Crippen LogP contribution in [-0.4, -0.2) is 36.8 Å². The van der Waals surface area contributed by atoms with Crippen LogP contribution in [0.2, 0.25) is 0 Å². The predicted molar refractivity (Wildman–Crippen MR) is 70.9 cm³/mol. The van der Waals surface area contributed by atoms with E-state index in [-0.39, 0.29) is 12.5 Å². The van der Waals surface area contributed by atoms with Gasteiger partial charge in [-0.1, -0.05) is 27.2 Å². The maximum atomic E-state index is 11.5. The summed E-state index contributed by atoms with van der Waals surface area (Å²) >= 11 is 0. The van der Waals surface area contributed by atoms with Crippen LogP contribution in [0.15, 0.2) is 0 Å². The molecule has 0 aliphatic carbocycles. The van der Waals surface area contributed by atoms with E-state index in [9.17, 15) is 4.79 Å². The molecular weight excluding hydrogens is 216 g/mol. The molecule has 0 bridgehead atoms. The van der Waals surface area contributed by atoms with Crippen molar-refractivity contribution in [2.45, 2.75) is 52.5 Å². The summed E-state index contributed by atoms with van der Waals surface area (Å²) in [4.78, 5) is 11.5. The second kappa shape index (κ2) is 10.5. The fraction of sp³-hybridized carbons (Fsp3) is 0.923. The van der Waals surface area contributed by atoms with E-state index in [2.05, 4.69) is 31.4 Å². The molecule has 1 amide bonds. The van der Waals surface area contributed by atoms with Gasteiger partial charge in [-0.25, -0.2) is 0 Å². The van der Waals surface area contributed by atoms with Gasteiger partial charge in [-0.3, -0.25) is 4.79 Å². The number of aliphatic hydroxyl groups excluding tert-OH is 1. The molecule has 0 fully saturated rings. The first-order valence-corrected chi connectivity index (χ1v) is 6.71. The number of nitrogens with one attached hydrogen (secondary N) is 2. The average Bonchev–Trinajstić information content (AvgIpc) is 2.26. The van der Waals surface area contributed by atoms with Gasteiger partial charge in [0, 0.05) is 32.2 Å². The van der Waals surface area contributed by atoms with Gasteiger partial charge in [-0.2, -0.15) is 0 Å². The van der Waals surface area contributed by atoms with Crippen LogP contribution in [-0.2, 0) is 4.79 Å². The second-order valence-electron chi connectivity index (χ2n) is 4.83. The Bertz CT molecular complexity index is 190. The van der Waals surface area contributed by atoms with Crippen LogP contribution in [0.1, 0.15) is 46.5 Å². The predicted octanol–water partition coefficient (Wildman–Crippen LogP) is 1.29. The zero-order chi connectivity index (χ0) is 13.1. The highest BCUT2D eigenvalue weighted by Gasteiger charge is 2.09. The molecule has 0 saturated heterocycles. The first-order valence-electron chi connectivity index (χ1n) is 6.71. The zero-order valence-electron chi connectivity index (χ0n) is 11.5. The Morgan fingerprint density at radius 3 is 2.53 bits per heavy atom. The van der Waals surface area contributed by atoms with Crippen molar-refractivity contribution in [3.63, 3.8) is 0 Å². The number of rotatable bonds is 10. The molecule has 0 heterocycles. The van der Waals surface area contributed by atoms with E-state index in [0.717, 1.165) is 25.8 Å². The van der Waals surface area contributed by atoms with Crippen molar-refractivity contribution in [3.05, 3.63) is 0 Å². The van der Waals surface area contributed by atoms with Crippen LogP contribution in [0.4, 0.5) is 0 Å². The van der Waals surface area contributed by atoms with Crippen LogP contribution in [0.3, 0.4) is 0 Å². The third-order valence-corrected chi connectivity index (χ3v) is 2.73. The molecule has 0 saturated carbocycles. The van der Waals surface area contributed by atoms with E-state index in [1.165, 1.54) is 0 Å². The molecule has 1 atom stereocenters. The molecule has 102 valence electrons. The molecule has 0 rings (SSSR count). The molecule has 0 aromatic heterocycles. The standard InChI is InChI=1S/C13H28N2O2/c1-4-5-12(7-9-16)10-15-13(17)6-8-14-11(2)3/h11-12,14,16H,4-10H2,1-3H3,(H,15,17). The molecule has 0 aliphatic heterocycles. The number of carbonyl (C=O) groups is 1. The van der Waals surface area contributed by atoms with Crippen LogP contribution in [0.5, 0.6) is 0 Å². The lowest BCUT2D eigenvalue weighted by Gasteiger charge is -2.16. The molecule has 0 radical (unpaired) electrons. The van der Waals surface area contributed by atoms with Crippen LogP contribution < -0.4 is 10.6 Å². The Hall–Kier alpha value is -0.610. The average molecular weight is 244 g/mol. The van der Waals surface area contributed by atoms with Gasteiger partial charge >= 0.3 is 0 Å². The SMILES string of the molecule is CCCC(CCO)CNC(=O)CCNC(C)C. The molecule has 17 heavy (non-hydrogen) atoms. The molecule has 0 aromatic rings. The van der Waals surface area contributed by atoms with Gasteiger partial charge in [-0.05, 0) is 18.8 Å². The second-order valence-corrected chi connectivity index (χ2v) is 4.83. The molecule has 4 nitrogen and oxygen atoms in total. The highest BCUT2D eigenvalue weighted by atomic mass is 16.3. The molecule has 0 aliphatic rings. The normalized spacial score (nSPS) is 12.8. The van der Waals surface area contributed by atoms with E-state index < -0.39 is 0 Å². The summed E-state index contributed by atoms with van der Waals surface area (Å²) in [5.41, 5.74) is 0. The van der Waals surface area contributed by atoms with Gasteiger partial charge in [0.15, 0.2) is 0 Å². The molecular formula is C13H28N2O2. The third kappa shape index (κ3) is 10.3. The molecule has 4 heteroatoms. The molecule has 0 aromatic carbocycles. The molecule has 3 N–H and O–H groups in total. The van der Waals surface area contributed by atoms with E-state index in [1.807, 2.05) is 0 Å². The van der Waals surface area contributed by atoms with Gasteiger partial charge in [0.05, 0.1) is 0 Å². The summed E-state index contributed by atoms with van der Waals surface area (Å²) in [5.74, 6) is 0.504. The van der Waals surface area contributed by atoms with E-state index in [4.69, 9.17) is 5.11 Å². The quantitative estimate of drug-likeness (QED) is 0.542. The summed E-state index contributed by atoms with van der Waals surface area (Å²) in [5, 5.41) is 15.1. The summed E-state index contributed by atoms with van der Waals surface area (Å²) in [7, 11) is 0. The molecule has 0 spiro atoms. The monoisotopic (exact) mass is 244 g/mol. The number of amides is 1. The van der Waals surface area contributed by atoms with Crippen LogP contribution >= 0.6 is 0 Å². The highest BCUT2D eigenvalue weighted by Crippen LogP contribution is 2.09. The van der Waals surface area contributed by atoms with Crippen molar-refractivity contribution in [3.8, 4) is 0 Å². The fourth-order valence-electron chi connectivity index (χ4n) is 1.76. The minimum atomic E-state index is 0.0946. The number of hydrogen-bond acceptors (Lipinski definition) is 3. The fourth-order valence-corrected chi connectivity index (χ4v) is 1.76. The lowest BCUT2D eigenvalue weighted by Crippen LogP contribution is -2.33. The Labute approximate surface area is 105 Å². The van der Waals surface area contributed by atoms with Crippen molar-refractivity contribution in [2.75, 3.05) is 19.7 Å². The number of aliphatic hydroxyl groups is 1. The largest absolute Gasteiger partial charge is 0.396 e. The van der Waals surface area contributed by atoms with Crippen LogP contribution in [0.25, 0.3) is 0 Å². The highest BCUT2D eigenvalue weighted by molar-refractivity contribution is 5.76. The number of hydrogen-bond donors (Lipinski definition) is 3. The van der Waals surface area contributed by atoms with E-state index >= 15 is 0 Å². The Morgan fingerprint density at radius 1 is 1.29 bits per heavy atom. The smallest absolute Gasteiger partial charge is 0.221 e. The van der Waals surface area contributed by atoms with E-state index in [1.54, 1.807) is 0 Å². The maximum absolute atomic E-state index is 11.5. The lowest BCUT2D eigenvalue weighted by molar-refractivity contribution is -0.121. The summed E-state index contributed by atoms with van der Waals surface area (Å²) in [6, 6.07) is 0.421. The van der Waals surface area contributed by atoms with Gasteiger partial charge in [0.1, 0.15) is 0 Å². The van der Waals surface area contributed by atoms with Crippen LogP contribution in [0, 0.1) is 5.92 Å². The minimum absolute atomic E-state index is 0.0946. The summed E-state index contributed by atoms with van der Waals surface area (Å²) < 4.78 is 0. The Balaban J connectivity index is 3.64. The first kappa shape index (κ1) is 16.4. The van der Waals surface area contributed by atoms with Crippen molar-refractivity contribution >= 4 is 5.91 Å². The van der Waals surface area contributed by atoms with Crippen molar-refractivity contribution < 1.29 is 9.90 Å². The first-order chi connectivity index (χ1) is 8.10. The number of carbonyl (C=O) groups excluding carboxylic acids is 1. The lowest BCUT2D eigenvalue weighted by atomic mass is 10.0. The van der Waals surface area contributed by atoms with E-state index in [0.29, 0.717) is 24.9 Å². The van der Waals surface area contributed by atoms with Crippen molar-refractivity contribution in [1.82, 2.24) is 10.6 Å². The Kier molecular flexibility index (Phi) is 10.2. The summed E-state index contributed by atoms with van der Waals surface area (Å²) in [6.45, 7) is 7.87. The Morgan fingerprint density at radius 2 is 2.00 bits per heavy atom. The minimum Gasteiger partial charge on any atom is -0.396 e. The van der Waals surface area contributed by atoms with Gasteiger partial charge in [0.25, 0.3) is 0 Å². The topological polar surface area (TPSA) is 61.4 Å². The zero-order valence-corrected chi connectivity index (χ0v) is 11.5. The van der Waals surface area contributed by atoms with Gasteiger partial charge in [0.2, 0.25) is 5.91 Å². The van der Waals surface area contributed by atoms with Gasteiger partial charge < -0.3 is 15.7 Å². The van der Waals surface area contributed by atoms with Gasteiger partial charge in [-0.15, -0.1) is 0 Å².